The lowest BCUT2D eigenvalue weighted by atomic mass is 10.0. The number of benzene rings is 2. The molecule has 6 nitrogen and oxygen atoms in total. The number of nitrogens with zero attached hydrogens (tertiary/aromatic N) is 2. The van der Waals surface area contributed by atoms with Gasteiger partial charge >= 0.3 is 5.97 Å². The van der Waals surface area contributed by atoms with E-state index >= 15 is 0 Å². The van der Waals surface area contributed by atoms with Crippen LogP contribution in [-0.2, 0) is 27.9 Å². The Bertz CT molecular complexity index is 1080. The quantitative estimate of drug-likeness (QED) is 0.330. The Labute approximate surface area is 176 Å². The number of aryl methyl sites for hydroxylation is 3. The predicted molar refractivity (Wildman–Crippen MR) is 116 cm³/mol. The second kappa shape index (κ2) is 9.31. The molecule has 0 aliphatic rings. The van der Waals surface area contributed by atoms with Gasteiger partial charge in [0.1, 0.15) is 17.9 Å². The molecule has 0 radical (unpaired) electrons. The standard InChI is InChI=1S/C24H26N2O4/c1-16-13-23(17(2)12-20(16)22-10-11-26(3)25-22)30-14-18-8-6-7-9-19(18)21(15-28-4)24(27)29-5/h6-13,15H,14H2,1-5H3/b21-15+. The summed E-state index contributed by atoms with van der Waals surface area (Å²) in [6, 6.07) is 13.6. The molecule has 3 rings (SSSR count). The van der Waals surface area contributed by atoms with Gasteiger partial charge in [-0.1, -0.05) is 24.3 Å². The molecule has 0 aliphatic carbocycles. The Morgan fingerprint density at radius 3 is 2.53 bits per heavy atom. The van der Waals surface area contributed by atoms with Gasteiger partial charge in [0.15, 0.2) is 0 Å². The molecule has 1 heterocycles. The fourth-order valence-electron chi connectivity index (χ4n) is 3.29. The van der Waals surface area contributed by atoms with E-state index in [1.165, 1.54) is 20.5 Å². The summed E-state index contributed by atoms with van der Waals surface area (Å²) in [5.74, 6) is 0.327. The largest absolute Gasteiger partial charge is 0.503 e. The highest BCUT2D eigenvalue weighted by atomic mass is 16.5. The van der Waals surface area contributed by atoms with Crippen molar-refractivity contribution in [2.45, 2.75) is 20.5 Å². The Morgan fingerprint density at radius 2 is 1.87 bits per heavy atom. The van der Waals surface area contributed by atoms with Crippen LogP contribution in [0.15, 0.2) is 54.9 Å². The normalized spacial score (nSPS) is 11.3. The molecule has 1 aromatic heterocycles. The van der Waals surface area contributed by atoms with Crippen molar-refractivity contribution < 1.29 is 19.0 Å². The highest BCUT2D eigenvalue weighted by Gasteiger charge is 2.17. The molecule has 2 aromatic carbocycles. The minimum atomic E-state index is -0.462. The molecule has 3 aromatic rings. The maximum absolute atomic E-state index is 12.2. The summed E-state index contributed by atoms with van der Waals surface area (Å²) < 4.78 is 17.9. The van der Waals surface area contributed by atoms with Crippen molar-refractivity contribution in [2.75, 3.05) is 14.2 Å². The Kier molecular flexibility index (Phi) is 6.57. The van der Waals surface area contributed by atoms with Crippen molar-refractivity contribution in [1.29, 1.82) is 0 Å². The summed E-state index contributed by atoms with van der Waals surface area (Å²) in [7, 11) is 4.75. The van der Waals surface area contributed by atoms with Gasteiger partial charge in [-0.15, -0.1) is 0 Å². The first-order chi connectivity index (χ1) is 14.4. The van der Waals surface area contributed by atoms with Crippen LogP contribution in [-0.4, -0.2) is 30.0 Å². The molecule has 0 amide bonds. The summed E-state index contributed by atoms with van der Waals surface area (Å²) in [6.45, 7) is 4.36. The van der Waals surface area contributed by atoms with Crippen LogP contribution >= 0.6 is 0 Å². The van der Waals surface area contributed by atoms with Gasteiger partial charge in [-0.05, 0) is 54.3 Å². The Hall–Kier alpha value is -3.54. The second-order valence-corrected chi connectivity index (χ2v) is 7.01. The smallest absolute Gasteiger partial charge is 0.341 e. The number of ether oxygens (including phenoxy) is 3. The zero-order valence-electron chi connectivity index (χ0n) is 17.9. The van der Waals surface area contributed by atoms with E-state index in [1.807, 2.05) is 63.5 Å². The van der Waals surface area contributed by atoms with Gasteiger partial charge in [-0.2, -0.15) is 5.10 Å². The molecule has 0 N–H and O–H groups in total. The number of methoxy groups -OCH3 is 2. The van der Waals surface area contributed by atoms with Crippen molar-refractivity contribution in [3.63, 3.8) is 0 Å². The lowest BCUT2D eigenvalue weighted by molar-refractivity contribution is -0.133. The number of aromatic nitrogens is 2. The topological polar surface area (TPSA) is 62.6 Å². The minimum Gasteiger partial charge on any atom is -0.503 e. The molecule has 0 atom stereocenters. The highest BCUT2D eigenvalue weighted by Crippen LogP contribution is 2.30. The molecule has 0 saturated carbocycles. The van der Waals surface area contributed by atoms with Gasteiger partial charge in [0.05, 0.1) is 26.2 Å². The monoisotopic (exact) mass is 406 g/mol. The van der Waals surface area contributed by atoms with Gasteiger partial charge < -0.3 is 14.2 Å². The summed E-state index contributed by atoms with van der Waals surface area (Å²) in [6.07, 6.45) is 3.32. The van der Waals surface area contributed by atoms with Gasteiger partial charge in [0.2, 0.25) is 0 Å². The van der Waals surface area contributed by atoms with Crippen molar-refractivity contribution in [2.24, 2.45) is 7.05 Å². The van der Waals surface area contributed by atoms with Crippen molar-refractivity contribution in [3.05, 3.63) is 77.2 Å². The summed E-state index contributed by atoms with van der Waals surface area (Å²) in [4.78, 5) is 12.2. The summed E-state index contributed by atoms with van der Waals surface area (Å²) in [5.41, 5.74) is 6.02. The summed E-state index contributed by atoms with van der Waals surface area (Å²) >= 11 is 0. The van der Waals surface area contributed by atoms with E-state index in [1.54, 1.807) is 4.68 Å². The lowest BCUT2D eigenvalue weighted by Crippen LogP contribution is -2.08. The average Bonchev–Trinajstić information content (AvgIpc) is 3.18. The molecule has 0 bridgehead atoms. The number of carbonyl (C=O) groups is 1. The molecule has 156 valence electrons. The van der Waals surface area contributed by atoms with Crippen LogP contribution in [0.5, 0.6) is 5.75 Å². The van der Waals surface area contributed by atoms with E-state index in [2.05, 4.69) is 11.2 Å². The van der Waals surface area contributed by atoms with Crippen LogP contribution in [0.3, 0.4) is 0 Å². The van der Waals surface area contributed by atoms with Crippen LogP contribution in [0.1, 0.15) is 22.3 Å². The molecule has 0 saturated heterocycles. The van der Waals surface area contributed by atoms with Gasteiger partial charge in [-0.3, -0.25) is 4.68 Å². The van der Waals surface area contributed by atoms with Crippen LogP contribution in [0, 0.1) is 13.8 Å². The van der Waals surface area contributed by atoms with Crippen molar-refractivity contribution in [3.8, 4) is 17.0 Å². The SMILES string of the molecule is CO/C=C(/C(=O)OC)c1ccccc1COc1cc(C)c(-c2ccn(C)n2)cc1C. The first-order valence-electron chi connectivity index (χ1n) is 9.58. The van der Waals surface area contributed by atoms with Crippen LogP contribution in [0.25, 0.3) is 16.8 Å². The maximum Gasteiger partial charge on any atom is 0.341 e. The third-order valence-electron chi connectivity index (χ3n) is 4.84. The first-order valence-corrected chi connectivity index (χ1v) is 9.58. The number of hydrogen-bond acceptors (Lipinski definition) is 5. The average molecular weight is 406 g/mol. The number of rotatable bonds is 7. The molecule has 30 heavy (non-hydrogen) atoms. The lowest BCUT2D eigenvalue weighted by Gasteiger charge is -2.15. The molecule has 0 fully saturated rings. The van der Waals surface area contributed by atoms with E-state index in [-0.39, 0.29) is 0 Å². The van der Waals surface area contributed by atoms with Crippen LogP contribution in [0.4, 0.5) is 0 Å². The fourth-order valence-corrected chi connectivity index (χ4v) is 3.29. The van der Waals surface area contributed by atoms with E-state index < -0.39 is 5.97 Å². The highest BCUT2D eigenvalue weighted by molar-refractivity contribution is 6.16. The molecular formula is C24H26N2O4. The summed E-state index contributed by atoms with van der Waals surface area (Å²) in [5, 5.41) is 4.49. The van der Waals surface area contributed by atoms with Crippen molar-refractivity contribution in [1.82, 2.24) is 9.78 Å². The Balaban J connectivity index is 1.87. The maximum atomic E-state index is 12.2. The van der Waals surface area contributed by atoms with Crippen molar-refractivity contribution >= 4 is 11.5 Å². The molecule has 0 aliphatic heterocycles. The first kappa shape index (κ1) is 21.2. The van der Waals surface area contributed by atoms with Gasteiger partial charge in [0.25, 0.3) is 0 Å². The Morgan fingerprint density at radius 1 is 1.10 bits per heavy atom. The van der Waals surface area contributed by atoms with E-state index in [0.717, 1.165) is 33.7 Å². The molecule has 0 unspecified atom stereocenters. The fraction of sp³-hybridized carbons (Fsp3) is 0.250. The second-order valence-electron chi connectivity index (χ2n) is 7.01. The number of carbonyl (C=O) groups excluding carboxylic acids is 1. The zero-order chi connectivity index (χ0) is 21.7. The predicted octanol–water partition coefficient (Wildman–Crippen LogP) is 4.44. The van der Waals surface area contributed by atoms with E-state index in [4.69, 9.17) is 14.2 Å². The number of hydrogen-bond donors (Lipinski definition) is 0. The van der Waals surface area contributed by atoms with E-state index in [9.17, 15) is 4.79 Å². The number of esters is 1. The third kappa shape index (κ3) is 4.54. The van der Waals surface area contributed by atoms with Gasteiger partial charge in [0, 0.05) is 18.8 Å². The molecule has 6 heteroatoms. The molecule has 0 spiro atoms. The third-order valence-corrected chi connectivity index (χ3v) is 4.84. The molecular weight excluding hydrogens is 380 g/mol. The van der Waals surface area contributed by atoms with Crippen LogP contribution < -0.4 is 4.74 Å². The minimum absolute atomic E-state index is 0.303. The van der Waals surface area contributed by atoms with E-state index in [0.29, 0.717) is 17.7 Å². The van der Waals surface area contributed by atoms with Gasteiger partial charge in [-0.25, -0.2) is 4.79 Å². The van der Waals surface area contributed by atoms with Crippen LogP contribution in [0.2, 0.25) is 0 Å². The zero-order valence-corrected chi connectivity index (χ0v) is 17.9.